The molecular weight excluding hydrogens is 210 g/mol. The van der Waals surface area contributed by atoms with Crippen molar-refractivity contribution in [2.75, 3.05) is 6.54 Å². The van der Waals surface area contributed by atoms with Gasteiger partial charge in [0.05, 0.1) is 11.9 Å². The summed E-state index contributed by atoms with van der Waals surface area (Å²) < 4.78 is 2.11. The van der Waals surface area contributed by atoms with Crippen LogP contribution in [0.15, 0.2) is 6.20 Å². The summed E-state index contributed by atoms with van der Waals surface area (Å²) in [6.45, 7) is 1.17. The van der Waals surface area contributed by atoms with E-state index in [0.717, 1.165) is 5.92 Å². The van der Waals surface area contributed by atoms with Crippen LogP contribution in [0.4, 0.5) is 0 Å². The van der Waals surface area contributed by atoms with Gasteiger partial charge in [-0.15, -0.1) is 0 Å². The molecule has 1 aromatic rings. The molecule has 1 saturated carbocycles. The van der Waals surface area contributed by atoms with Crippen LogP contribution in [-0.2, 0) is 7.05 Å². The number of hydrogen-bond acceptors (Lipinski definition) is 2. The Morgan fingerprint density at radius 2 is 1.94 bits per heavy atom. The molecule has 2 fully saturated rings. The van der Waals surface area contributed by atoms with Crippen molar-refractivity contribution in [3.05, 3.63) is 17.5 Å². The van der Waals surface area contributed by atoms with E-state index in [1.165, 1.54) is 62.7 Å². The van der Waals surface area contributed by atoms with Crippen LogP contribution in [0.25, 0.3) is 0 Å². The van der Waals surface area contributed by atoms with Gasteiger partial charge in [0.2, 0.25) is 0 Å². The molecule has 1 aromatic heterocycles. The van der Waals surface area contributed by atoms with Crippen LogP contribution in [0.1, 0.15) is 68.2 Å². The highest BCUT2D eigenvalue weighted by Gasteiger charge is 2.27. The quantitative estimate of drug-likeness (QED) is 0.851. The molecule has 0 radical (unpaired) electrons. The average Bonchev–Trinajstić information content (AvgIpc) is 2.98. The first-order valence-electron chi connectivity index (χ1n) is 7.11. The van der Waals surface area contributed by atoms with Crippen LogP contribution < -0.4 is 5.32 Å². The summed E-state index contributed by atoms with van der Waals surface area (Å²) >= 11 is 0. The molecule has 94 valence electrons. The Balaban J connectivity index is 1.88. The maximum absolute atomic E-state index is 4.51. The molecule has 2 aliphatic rings. The Labute approximate surface area is 104 Å². The molecule has 1 saturated heterocycles. The fourth-order valence-electron chi connectivity index (χ4n) is 3.53. The minimum Gasteiger partial charge on any atom is -0.309 e. The highest BCUT2D eigenvalue weighted by Crippen LogP contribution is 2.38. The van der Waals surface area contributed by atoms with E-state index in [-0.39, 0.29) is 0 Å². The molecule has 17 heavy (non-hydrogen) atoms. The summed E-state index contributed by atoms with van der Waals surface area (Å²) in [5, 5.41) is 8.18. The predicted octanol–water partition coefficient (Wildman–Crippen LogP) is 2.89. The minimum atomic E-state index is 0.548. The third-order valence-corrected chi connectivity index (χ3v) is 4.45. The van der Waals surface area contributed by atoms with Gasteiger partial charge in [-0.25, -0.2) is 0 Å². The second kappa shape index (κ2) is 4.81. The number of aryl methyl sites for hydroxylation is 1. The Hall–Kier alpha value is -0.830. The first-order chi connectivity index (χ1) is 8.36. The van der Waals surface area contributed by atoms with Crippen LogP contribution in [0.3, 0.4) is 0 Å². The highest BCUT2D eigenvalue weighted by molar-refractivity contribution is 5.26. The number of nitrogens with zero attached hydrogens (tertiary/aromatic N) is 2. The molecule has 0 bridgehead atoms. The molecule has 0 aromatic carbocycles. The molecule has 1 N–H and O–H groups in total. The van der Waals surface area contributed by atoms with Crippen LogP contribution in [0.2, 0.25) is 0 Å². The third kappa shape index (κ3) is 2.13. The summed E-state index contributed by atoms with van der Waals surface area (Å²) in [5.41, 5.74) is 3.00. The van der Waals surface area contributed by atoms with Crippen molar-refractivity contribution in [1.29, 1.82) is 0 Å². The predicted molar refractivity (Wildman–Crippen MR) is 69.0 cm³/mol. The third-order valence-electron chi connectivity index (χ3n) is 4.45. The number of piperidine rings is 1. The largest absolute Gasteiger partial charge is 0.309 e. The van der Waals surface area contributed by atoms with Crippen molar-refractivity contribution in [3.8, 4) is 0 Å². The zero-order chi connectivity index (χ0) is 11.7. The molecule has 1 aliphatic carbocycles. The van der Waals surface area contributed by atoms with Gasteiger partial charge in [-0.3, -0.25) is 4.68 Å². The van der Waals surface area contributed by atoms with E-state index >= 15 is 0 Å². The monoisotopic (exact) mass is 233 g/mol. The first-order valence-corrected chi connectivity index (χ1v) is 7.11. The van der Waals surface area contributed by atoms with E-state index < -0.39 is 0 Å². The molecule has 1 aliphatic heterocycles. The molecule has 2 heterocycles. The summed E-state index contributed by atoms with van der Waals surface area (Å²) in [6, 6.07) is 0.548. The maximum Gasteiger partial charge on any atom is 0.0585 e. The lowest BCUT2D eigenvalue weighted by atomic mass is 9.92. The van der Waals surface area contributed by atoms with Crippen molar-refractivity contribution in [2.24, 2.45) is 7.05 Å². The Kier molecular flexibility index (Phi) is 3.19. The van der Waals surface area contributed by atoms with Gasteiger partial charge in [0.1, 0.15) is 0 Å². The number of aromatic nitrogens is 2. The normalized spacial score (nSPS) is 26.5. The standard InChI is InChI=1S/C14H23N3/c1-17-14(13-8-4-5-9-15-13)12(10-16-17)11-6-2-3-7-11/h10-11,13,15H,2-9H2,1H3. The van der Waals surface area contributed by atoms with Crippen molar-refractivity contribution < 1.29 is 0 Å². The van der Waals surface area contributed by atoms with Crippen LogP contribution >= 0.6 is 0 Å². The molecule has 0 spiro atoms. The second-order valence-electron chi connectivity index (χ2n) is 5.59. The topological polar surface area (TPSA) is 29.9 Å². The average molecular weight is 233 g/mol. The van der Waals surface area contributed by atoms with E-state index in [9.17, 15) is 0 Å². The molecule has 3 rings (SSSR count). The maximum atomic E-state index is 4.51. The Morgan fingerprint density at radius 3 is 2.65 bits per heavy atom. The molecule has 3 nitrogen and oxygen atoms in total. The van der Waals surface area contributed by atoms with E-state index in [0.29, 0.717) is 6.04 Å². The van der Waals surface area contributed by atoms with E-state index in [4.69, 9.17) is 0 Å². The van der Waals surface area contributed by atoms with Gasteiger partial charge in [0, 0.05) is 13.1 Å². The zero-order valence-electron chi connectivity index (χ0n) is 10.8. The summed E-state index contributed by atoms with van der Waals surface area (Å²) in [5.74, 6) is 0.780. The molecule has 0 amide bonds. The second-order valence-corrected chi connectivity index (χ2v) is 5.59. The van der Waals surface area contributed by atoms with Crippen molar-refractivity contribution in [1.82, 2.24) is 15.1 Å². The molecule has 3 heteroatoms. The first kappa shape index (κ1) is 11.3. The van der Waals surface area contributed by atoms with Crippen molar-refractivity contribution in [3.63, 3.8) is 0 Å². The zero-order valence-corrected chi connectivity index (χ0v) is 10.8. The molecule has 1 unspecified atom stereocenters. The smallest absolute Gasteiger partial charge is 0.0585 e. The van der Waals surface area contributed by atoms with Gasteiger partial charge >= 0.3 is 0 Å². The lowest BCUT2D eigenvalue weighted by Crippen LogP contribution is -2.29. The van der Waals surface area contributed by atoms with Crippen molar-refractivity contribution in [2.45, 2.75) is 56.9 Å². The van der Waals surface area contributed by atoms with Crippen molar-refractivity contribution >= 4 is 0 Å². The Morgan fingerprint density at radius 1 is 1.18 bits per heavy atom. The lowest BCUT2D eigenvalue weighted by Gasteiger charge is -2.26. The Bertz CT molecular complexity index is 371. The number of rotatable bonds is 2. The lowest BCUT2D eigenvalue weighted by molar-refractivity contribution is 0.390. The van der Waals surface area contributed by atoms with Gasteiger partial charge < -0.3 is 5.32 Å². The minimum absolute atomic E-state index is 0.548. The van der Waals surface area contributed by atoms with E-state index in [1.807, 2.05) is 0 Å². The summed E-state index contributed by atoms with van der Waals surface area (Å²) in [7, 11) is 2.10. The van der Waals surface area contributed by atoms with E-state index in [2.05, 4.69) is 28.3 Å². The summed E-state index contributed by atoms with van der Waals surface area (Å²) in [4.78, 5) is 0. The highest BCUT2D eigenvalue weighted by atomic mass is 15.3. The van der Waals surface area contributed by atoms with Gasteiger partial charge in [0.15, 0.2) is 0 Å². The number of hydrogen-bond donors (Lipinski definition) is 1. The fraction of sp³-hybridized carbons (Fsp3) is 0.786. The van der Waals surface area contributed by atoms with Crippen LogP contribution in [0.5, 0.6) is 0 Å². The van der Waals surface area contributed by atoms with E-state index in [1.54, 1.807) is 0 Å². The van der Waals surface area contributed by atoms with Crippen LogP contribution in [0, 0.1) is 0 Å². The fourth-order valence-corrected chi connectivity index (χ4v) is 3.53. The van der Waals surface area contributed by atoms with Gasteiger partial charge in [0.25, 0.3) is 0 Å². The summed E-state index contributed by atoms with van der Waals surface area (Å²) in [6.07, 6.45) is 11.6. The number of nitrogens with one attached hydrogen (secondary N) is 1. The van der Waals surface area contributed by atoms with Gasteiger partial charge in [-0.05, 0) is 43.7 Å². The SMILES string of the molecule is Cn1ncc(C2CCCC2)c1C1CCCCN1. The van der Waals surface area contributed by atoms with Gasteiger partial charge in [-0.2, -0.15) is 5.10 Å². The molecular formula is C14H23N3. The molecule has 1 atom stereocenters. The van der Waals surface area contributed by atoms with Gasteiger partial charge in [-0.1, -0.05) is 19.3 Å². The van der Waals surface area contributed by atoms with Crippen LogP contribution in [-0.4, -0.2) is 16.3 Å².